The summed E-state index contributed by atoms with van der Waals surface area (Å²) in [5.74, 6) is -2.98. The van der Waals surface area contributed by atoms with Gasteiger partial charge in [0.05, 0.1) is 17.7 Å². The van der Waals surface area contributed by atoms with E-state index < -0.39 is 11.3 Å². The molecule has 1 fully saturated rings. The fourth-order valence-corrected chi connectivity index (χ4v) is 3.93. The van der Waals surface area contributed by atoms with Crippen molar-refractivity contribution in [1.29, 1.82) is 0 Å². The summed E-state index contributed by atoms with van der Waals surface area (Å²) in [7, 11) is 0. The molecule has 22 heavy (non-hydrogen) atoms. The number of alkyl halides is 2. The lowest BCUT2D eigenvalue weighted by Crippen LogP contribution is -2.21. The number of halogens is 2. The number of fused-ring (bicyclic) bond motifs is 3. The Kier molecular flexibility index (Phi) is 2.75. The molecule has 1 saturated carbocycles. The fraction of sp³-hybridized carbons (Fsp3) is 0.529. The van der Waals surface area contributed by atoms with E-state index in [0.717, 1.165) is 11.3 Å². The van der Waals surface area contributed by atoms with Crippen LogP contribution >= 0.6 is 0 Å². The molecule has 5 heteroatoms. The Hall–Kier alpha value is -1.78. The average Bonchev–Trinajstić information content (AvgIpc) is 2.85. The van der Waals surface area contributed by atoms with Gasteiger partial charge >= 0.3 is 5.97 Å². The molecule has 0 saturated heterocycles. The number of carbonyl (C=O) groups is 1. The Morgan fingerprint density at radius 3 is 2.86 bits per heavy atom. The first-order valence-corrected chi connectivity index (χ1v) is 7.74. The van der Waals surface area contributed by atoms with Crippen LogP contribution in [0.2, 0.25) is 0 Å². The van der Waals surface area contributed by atoms with Crippen LogP contribution in [0.3, 0.4) is 0 Å². The predicted octanol–water partition coefficient (Wildman–Crippen LogP) is 3.72. The number of hydrogen-bond donors (Lipinski definition) is 0. The maximum Gasteiger partial charge on any atom is 0.334 e. The third kappa shape index (κ3) is 1.71. The van der Waals surface area contributed by atoms with E-state index in [0.29, 0.717) is 49.1 Å². The van der Waals surface area contributed by atoms with Crippen LogP contribution in [-0.2, 0) is 9.53 Å². The van der Waals surface area contributed by atoms with Crippen molar-refractivity contribution in [3.63, 3.8) is 0 Å². The highest BCUT2D eigenvalue weighted by atomic mass is 19.3. The second kappa shape index (κ2) is 4.37. The van der Waals surface area contributed by atoms with Gasteiger partial charge in [-0.15, -0.1) is 0 Å². The molecule has 1 atom stereocenters. The molecular formula is C17H17F2NO2. The van der Waals surface area contributed by atoms with Crippen molar-refractivity contribution < 1.29 is 18.3 Å². The monoisotopic (exact) mass is 305 g/mol. The Bertz CT molecular complexity index is 699. The lowest BCUT2D eigenvalue weighted by Gasteiger charge is -2.25. The molecule has 1 spiro atoms. The summed E-state index contributed by atoms with van der Waals surface area (Å²) < 4.78 is 33.1. The van der Waals surface area contributed by atoms with Crippen LogP contribution in [0.5, 0.6) is 0 Å². The van der Waals surface area contributed by atoms with E-state index in [2.05, 4.69) is 4.99 Å². The minimum absolute atomic E-state index is 0.0859. The normalized spacial score (nSPS) is 31.1. The largest absolute Gasteiger partial charge is 0.463 e. The second-order valence-electron chi connectivity index (χ2n) is 6.33. The molecule has 0 aromatic rings. The highest BCUT2D eigenvalue weighted by Crippen LogP contribution is 2.71. The minimum atomic E-state index is -2.63. The summed E-state index contributed by atoms with van der Waals surface area (Å²) in [6.45, 7) is 2.07. The van der Waals surface area contributed by atoms with E-state index in [1.54, 1.807) is 6.92 Å². The number of esters is 1. The summed E-state index contributed by atoms with van der Waals surface area (Å²) in [6, 6.07) is 0. The van der Waals surface area contributed by atoms with E-state index >= 15 is 0 Å². The first-order chi connectivity index (χ1) is 10.5. The molecule has 0 aromatic carbocycles. The Morgan fingerprint density at radius 1 is 1.41 bits per heavy atom. The number of rotatable bonds is 2. The zero-order chi connectivity index (χ0) is 15.5. The molecule has 4 rings (SSSR count). The molecule has 0 N–H and O–H groups in total. The summed E-state index contributed by atoms with van der Waals surface area (Å²) in [4.78, 5) is 16.5. The van der Waals surface area contributed by atoms with Crippen molar-refractivity contribution in [2.75, 3.05) is 6.61 Å². The summed E-state index contributed by atoms with van der Waals surface area (Å²) in [5.41, 5.74) is 2.64. The van der Waals surface area contributed by atoms with Crippen molar-refractivity contribution >= 4 is 11.7 Å². The Labute approximate surface area is 127 Å². The highest BCUT2D eigenvalue weighted by molar-refractivity contribution is 6.10. The number of carbonyl (C=O) groups excluding carboxylic acids is 1. The molecular weight excluding hydrogens is 288 g/mol. The van der Waals surface area contributed by atoms with Gasteiger partial charge in [0.25, 0.3) is 5.92 Å². The van der Waals surface area contributed by atoms with Gasteiger partial charge in [-0.1, -0.05) is 12.2 Å². The predicted molar refractivity (Wildman–Crippen MR) is 77.7 cm³/mol. The number of aliphatic imine (C=N–C) groups is 1. The molecule has 0 aromatic heterocycles. The van der Waals surface area contributed by atoms with Gasteiger partial charge in [-0.2, -0.15) is 0 Å². The van der Waals surface area contributed by atoms with Crippen molar-refractivity contribution in [2.45, 2.75) is 45.0 Å². The van der Waals surface area contributed by atoms with Gasteiger partial charge in [-0.3, -0.25) is 4.99 Å². The summed E-state index contributed by atoms with van der Waals surface area (Å²) >= 11 is 0. The molecule has 0 radical (unpaired) electrons. The lowest BCUT2D eigenvalue weighted by atomic mass is 9.78. The Balaban J connectivity index is 1.74. The highest BCUT2D eigenvalue weighted by Gasteiger charge is 2.74. The number of nitrogens with zero attached hydrogens (tertiary/aromatic N) is 1. The van der Waals surface area contributed by atoms with Crippen LogP contribution in [0.4, 0.5) is 8.78 Å². The van der Waals surface area contributed by atoms with E-state index in [1.165, 1.54) is 0 Å². The number of hydrogen-bond acceptors (Lipinski definition) is 3. The molecule has 0 bridgehead atoms. The topological polar surface area (TPSA) is 38.7 Å². The Morgan fingerprint density at radius 2 is 2.18 bits per heavy atom. The molecule has 4 aliphatic rings. The molecule has 1 aliphatic heterocycles. The first kappa shape index (κ1) is 13.9. The molecule has 1 heterocycles. The lowest BCUT2D eigenvalue weighted by molar-refractivity contribution is -0.138. The van der Waals surface area contributed by atoms with Gasteiger partial charge in [0.1, 0.15) is 0 Å². The zero-order valence-electron chi connectivity index (χ0n) is 12.4. The standard InChI is InChI=1S/C17H17F2NO2/c1-2-22-15(21)10-5-6-12-11(8-10)14-13(20-12)4-3-7-16(14)9-17(16,18)19/h4-5H,2-3,6-9H2,1H3. The van der Waals surface area contributed by atoms with Crippen LogP contribution in [0.25, 0.3) is 0 Å². The summed E-state index contributed by atoms with van der Waals surface area (Å²) in [5, 5.41) is 0. The third-order valence-electron chi connectivity index (χ3n) is 5.09. The van der Waals surface area contributed by atoms with Gasteiger partial charge in [0, 0.05) is 30.5 Å². The van der Waals surface area contributed by atoms with Crippen molar-refractivity contribution in [2.24, 2.45) is 10.4 Å². The third-order valence-corrected chi connectivity index (χ3v) is 5.09. The second-order valence-corrected chi connectivity index (χ2v) is 6.33. The maximum atomic E-state index is 14.0. The number of allylic oxidation sites excluding steroid dienone is 4. The molecule has 116 valence electrons. The minimum Gasteiger partial charge on any atom is -0.463 e. The van der Waals surface area contributed by atoms with E-state index in [9.17, 15) is 13.6 Å². The SMILES string of the molecule is CCOC(=O)C1=CCC2=NC3=CCCC4(CC4(F)F)C3=C2C1. The van der Waals surface area contributed by atoms with Gasteiger partial charge in [0.2, 0.25) is 0 Å². The van der Waals surface area contributed by atoms with Crippen LogP contribution in [0, 0.1) is 5.41 Å². The average molecular weight is 305 g/mol. The molecule has 1 unspecified atom stereocenters. The van der Waals surface area contributed by atoms with Crippen molar-refractivity contribution in [1.82, 2.24) is 0 Å². The van der Waals surface area contributed by atoms with Crippen molar-refractivity contribution in [3.8, 4) is 0 Å². The fourth-order valence-electron chi connectivity index (χ4n) is 3.93. The van der Waals surface area contributed by atoms with E-state index in [-0.39, 0.29) is 12.4 Å². The summed E-state index contributed by atoms with van der Waals surface area (Å²) in [6.07, 6.45) is 5.69. The molecule has 3 nitrogen and oxygen atoms in total. The van der Waals surface area contributed by atoms with Crippen LogP contribution in [0.1, 0.15) is 39.0 Å². The van der Waals surface area contributed by atoms with Crippen LogP contribution in [-0.4, -0.2) is 24.2 Å². The van der Waals surface area contributed by atoms with Gasteiger partial charge in [0.15, 0.2) is 0 Å². The van der Waals surface area contributed by atoms with Gasteiger partial charge in [-0.05, 0) is 30.9 Å². The van der Waals surface area contributed by atoms with E-state index in [1.807, 2.05) is 12.2 Å². The first-order valence-electron chi connectivity index (χ1n) is 7.74. The van der Waals surface area contributed by atoms with Crippen LogP contribution < -0.4 is 0 Å². The number of ether oxygens (including phenoxy) is 1. The maximum absolute atomic E-state index is 14.0. The molecule has 0 amide bonds. The quantitative estimate of drug-likeness (QED) is 0.729. The smallest absolute Gasteiger partial charge is 0.334 e. The van der Waals surface area contributed by atoms with Gasteiger partial charge in [-0.25, -0.2) is 13.6 Å². The molecule has 3 aliphatic carbocycles. The zero-order valence-corrected chi connectivity index (χ0v) is 12.4. The van der Waals surface area contributed by atoms with E-state index in [4.69, 9.17) is 4.74 Å². The van der Waals surface area contributed by atoms with Crippen LogP contribution in [0.15, 0.2) is 39.6 Å². The van der Waals surface area contributed by atoms with Crippen molar-refractivity contribution in [3.05, 3.63) is 34.6 Å². The van der Waals surface area contributed by atoms with Gasteiger partial charge < -0.3 is 4.74 Å².